The van der Waals surface area contributed by atoms with Crippen LogP contribution in [0.4, 0.5) is 0 Å². The summed E-state index contributed by atoms with van der Waals surface area (Å²) in [6.45, 7) is 4.90. The average Bonchev–Trinajstić information content (AvgIpc) is 2.57. The summed E-state index contributed by atoms with van der Waals surface area (Å²) in [4.78, 5) is 6.49. The number of nitrogens with one attached hydrogen (secondary N) is 2. The molecule has 0 fully saturated rings. The van der Waals surface area contributed by atoms with Crippen LogP contribution in [0.5, 0.6) is 5.75 Å². The molecule has 0 spiro atoms. The van der Waals surface area contributed by atoms with Crippen molar-refractivity contribution in [3.63, 3.8) is 0 Å². The first-order valence-electron chi connectivity index (χ1n) is 8.16. The second-order valence-electron chi connectivity index (χ2n) is 5.38. The first-order valence-corrected chi connectivity index (χ1v) is 8.95. The summed E-state index contributed by atoms with van der Waals surface area (Å²) in [5, 5.41) is 6.55. The van der Waals surface area contributed by atoms with Gasteiger partial charge in [-0.3, -0.25) is 4.99 Å². The summed E-state index contributed by atoms with van der Waals surface area (Å²) in [6.07, 6.45) is 1.05. The molecule has 0 saturated heterocycles. The monoisotopic (exact) mass is 528 g/mol. The molecular weight excluding hydrogens is 499 g/mol. The molecule has 0 amide bonds. The van der Waals surface area contributed by atoms with Crippen molar-refractivity contribution in [2.75, 3.05) is 60.6 Å². The van der Waals surface area contributed by atoms with Crippen LogP contribution in [0.3, 0.4) is 0 Å². The van der Waals surface area contributed by atoms with E-state index in [2.05, 4.69) is 43.5 Å². The van der Waals surface area contributed by atoms with Gasteiger partial charge in [-0.05, 0) is 31.7 Å². The molecule has 144 valence electrons. The minimum Gasteiger partial charge on any atom is -0.492 e. The van der Waals surface area contributed by atoms with E-state index in [9.17, 15) is 0 Å². The van der Waals surface area contributed by atoms with Crippen LogP contribution in [0.15, 0.2) is 33.7 Å². The number of methoxy groups -OCH3 is 1. The number of guanidine groups is 1. The highest BCUT2D eigenvalue weighted by molar-refractivity contribution is 14.0. The fraction of sp³-hybridized carbons (Fsp3) is 0.588. The van der Waals surface area contributed by atoms with Crippen molar-refractivity contribution < 1.29 is 9.47 Å². The lowest BCUT2D eigenvalue weighted by Crippen LogP contribution is -2.42. The number of halogens is 2. The maximum Gasteiger partial charge on any atom is 0.191 e. The Balaban J connectivity index is 0.00000576. The summed E-state index contributed by atoms with van der Waals surface area (Å²) < 4.78 is 11.8. The molecule has 0 aliphatic heterocycles. The maximum atomic E-state index is 5.68. The fourth-order valence-corrected chi connectivity index (χ4v) is 2.45. The Kier molecular flexibility index (Phi) is 15.3. The zero-order chi connectivity index (χ0) is 17.6. The molecule has 0 aliphatic rings. The van der Waals surface area contributed by atoms with Crippen LogP contribution in [0.2, 0.25) is 0 Å². The van der Waals surface area contributed by atoms with Crippen LogP contribution in [0, 0.1) is 0 Å². The van der Waals surface area contributed by atoms with Gasteiger partial charge in [0.25, 0.3) is 0 Å². The molecule has 6 nitrogen and oxygen atoms in total. The fourth-order valence-electron chi connectivity index (χ4n) is 2.07. The minimum atomic E-state index is 0. The standard InChI is InChI=1S/C17H29BrN4O2.HI/c1-19-17(20-8-11-22(2)10-5-12-23-3)21-9-13-24-16-7-4-6-15(18)14-16;/h4,6-7,14H,5,8-13H2,1-3H3,(H2,19,20,21);1H. The summed E-state index contributed by atoms with van der Waals surface area (Å²) in [5.74, 6) is 1.64. The van der Waals surface area contributed by atoms with Crippen LogP contribution < -0.4 is 15.4 Å². The first-order chi connectivity index (χ1) is 11.7. The van der Waals surface area contributed by atoms with Gasteiger partial charge in [-0.1, -0.05) is 22.0 Å². The van der Waals surface area contributed by atoms with E-state index in [4.69, 9.17) is 9.47 Å². The Morgan fingerprint density at radius 1 is 1.20 bits per heavy atom. The predicted octanol–water partition coefficient (Wildman–Crippen LogP) is 2.58. The van der Waals surface area contributed by atoms with E-state index in [1.165, 1.54) is 0 Å². The van der Waals surface area contributed by atoms with Gasteiger partial charge < -0.3 is 25.0 Å². The van der Waals surface area contributed by atoms with Crippen molar-refractivity contribution in [1.82, 2.24) is 15.5 Å². The van der Waals surface area contributed by atoms with Crippen molar-refractivity contribution >= 4 is 45.9 Å². The van der Waals surface area contributed by atoms with E-state index in [1.54, 1.807) is 14.2 Å². The number of ether oxygens (including phenoxy) is 2. The Bertz CT molecular complexity index is 491. The quantitative estimate of drug-likeness (QED) is 0.200. The zero-order valence-corrected chi connectivity index (χ0v) is 19.2. The molecule has 1 rings (SSSR count). The van der Waals surface area contributed by atoms with Crippen LogP contribution in [-0.2, 0) is 4.74 Å². The van der Waals surface area contributed by atoms with E-state index < -0.39 is 0 Å². The van der Waals surface area contributed by atoms with Gasteiger partial charge in [0.2, 0.25) is 0 Å². The molecule has 1 aromatic carbocycles. The van der Waals surface area contributed by atoms with Gasteiger partial charge in [-0.25, -0.2) is 0 Å². The van der Waals surface area contributed by atoms with E-state index in [0.717, 1.165) is 48.8 Å². The highest BCUT2D eigenvalue weighted by atomic mass is 127. The molecule has 0 heterocycles. The van der Waals surface area contributed by atoms with Gasteiger partial charge in [0.05, 0.1) is 6.54 Å². The van der Waals surface area contributed by atoms with E-state index in [-0.39, 0.29) is 24.0 Å². The van der Waals surface area contributed by atoms with Crippen molar-refractivity contribution in [3.8, 4) is 5.75 Å². The van der Waals surface area contributed by atoms with Crippen molar-refractivity contribution in [2.24, 2.45) is 4.99 Å². The second-order valence-corrected chi connectivity index (χ2v) is 6.30. The van der Waals surface area contributed by atoms with Crippen LogP contribution in [0.25, 0.3) is 0 Å². The van der Waals surface area contributed by atoms with Crippen LogP contribution in [-0.4, -0.2) is 71.5 Å². The number of hydrogen-bond donors (Lipinski definition) is 2. The molecule has 0 saturated carbocycles. The van der Waals surface area contributed by atoms with Crippen molar-refractivity contribution in [3.05, 3.63) is 28.7 Å². The highest BCUT2D eigenvalue weighted by Crippen LogP contribution is 2.17. The molecule has 0 aliphatic carbocycles. The molecule has 0 unspecified atom stereocenters. The van der Waals surface area contributed by atoms with Gasteiger partial charge in [0.15, 0.2) is 5.96 Å². The van der Waals surface area contributed by atoms with Gasteiger partial charge in [-0.2, -0.15) is 0 Å². The van der Waals surface area contributed by atoms with E-state index in [0.29, 0.717) is 13.2 Å². The molecular formula is C17H30BrIN4O2. The second kappa shape index (κ2) is 15.7. The number of rotatable bonds is 11. The smallest absolute Gasteiger partial charge is 0.191 e. The Hall–Kier alpha value is -0.580. The van der Waals surface area contributed by atoms with Gasteiger partial charge in [0.1, 0.15) is 12.4 Å². The third-order valence-electron chi connectivity index (χ3n) is 3.36. The van der Waals surface area contributed by atoms with E-state index in [1.807, 2.05) is 24.3 Å². The topological polar surface area (TPSA) is 58.1 Å². The number of hydrogen-bond acceptors (Lipinski definition) is 4. The lowest BCUT2D eigenvalue weighted by atomic mass is 10.3. The van der Waals surface area contributed by atoms with Crippen molar-refractivity contribution in [1.29, 1.82) is 0 Å². The SMILES string of the molecule is CN=C(NCCOc1cccc(Br)c1)NCCN(C)CCCOC.I. The molecule has 1 aromatic rings. The Labute approximate surface area is 176 Å². The molecule has 0 bridgehead atoms. The normalized spacial score (nSPS) is 11.2. The molecule has 25 heavy (non-hydrogen) atoms. The average molecular weight is 529 g/mol. The molecule has 0 aromatic heterocycles. The van der Waals surface area contributed by atoms with Gasteiger partial charge in [0, 0.05) is 44.9 Å². The predicted molar refractivity (Wildman–Crippen MR) is 118 cm³/mol. The number of aliphatic imine (C=N–C) groups is 1. The Morgan fingerprint density at radius 3 is 2.64 bits per heavy atom. The van der Waals surface area contributed by atoms with Crippen molar-refractivity contribution in [2.45, 2.75) is 6.42 Å². The van der Waals surface area contributed by atoms with E-state index >= 15 is 0 Å². The maximum absolute atomic E-state index is 5.68. The molecule has 0 atom stereocenters. The summed E-state index contributed by atoms with van der Waals surface area (Å²) in [7, 11) is 5.61. The minimum absolute atomic E-state index is 0. The van der Waals surface area contributed by atoms with Crippen LogP contribution >= 0.6 is 39.9 Å². The first kappa shape index (κ1) is 24.4. The molecule has 0 radical (unpaired) electrons. The summed E-state index contributed by atoms with van der Waals surface area (Å²) in [5.41, 5.74) is 0. The number of nitrogens with zero attached hydrogens (tertiary/aromatic N) is 2. The third kappa shape index (κ3) is 12.4. The zero-order valence-electron chi connectivity index (χ0n) is 15.3. The summed E-state index contributed by atoms with van der Waals surface area (Å²) in [6, 6.07) is 7.82. The number of benzene rings is 1. The number of likely N-dealkylation sites (N-methyl/N-ethyl adjacent to an activating group) is 1. The third-order valence-corrected chi connectivity index (χ3v) is 3.85. The summed E-state index contributed by atoms with van der Waals surface area (Å²) >= 11 is 3.43. The Morgan fingerprint density at radius 2 is 1.96 bits per heavy atom. The lowest BCUT2D eigenvalue weighted by molar-refractivity contribution is 0.180. The lowest BCUT2D eigenvalue weighted by Gasteiger charge is -2.18. The molecule has 8 heteroatoms. The van der Waals surface area contributed by atoms with Crippen LogP contribution in [0.1, 0.15) is 6.42 Å². The van der Waals surface area contributed by atoms with Gasteiger partial charge >= 0.3 is 0 Å². The molecule has 2 N–H and O–H groups in total. The largest absolute Gasteiger partial charge is 0.492 e. The highest BCUT2D eigenvalue weighted by Gasteiger charge is 2.01. The van der Waals surface area contributed by atoms with Gasteiger partial charge in [-0.15, -0.1) is 24.0 Å².